The molecule has 0 aromatic heterocycles. The van der Waals surface area contributed by atoms with Gasteiger partial charge in [-0.15, -0.1) is 0 Å². The third-order valence-electron chi connectivity index (χ3n) is 8.02. The molecular weight excluding hydrogens is 395 g/mol. The summed E-state index contributed by atoms with van der Waals surface area (Å²) in [7, 11) is 0. The normalized spacial score (nSPS) is 26.2. The molecule has 4 rings (SSSR count). The van der Waals surface area contributed by atoms with Gasteiger partial charge in [0.05, 0.1) is 12.8 Å². The van der Waals surface area contributed by atoms with Crippen molar-refractivity contribution >= 4 is 0 Å². The number of halogens is 1. The Morgan fingerprint density at radius 2 is 1.19 bits per heavy atom. The Morgan fingerprint density at radius 3 is 1.66 bits per heavy atom. The summed E-state index contributed by atoms with van der Waals surface area (Å²) in [6.45, 7) is 2.78. The molecule has 0 atom stereocenters. The van der Waals surface area contributed by atoms with Crippen molar-refractivity contribution in [1.29, 1.82) is 0 Å². The molecule has 0 heterocycles. The van der Waals surface area contributed by atoms with E-state index >= 15 is 0 Å². The van der Waals surface area contributed by atoms with E-state index in [1.165, 1.54) is 80.0 Å². The van der Waals surface area contributed by atoms with Gasteiger partial charge in [-0.3, -0.25) is 4.39 Å². The summed E-state index contributed by atoms with van der Waals surface area (Å²) >= 11 is 0. The topological polar surface area (TPSA) is 9.23 Å². The quantitative estimate of drug-likeness (QED) is 0.357. The molecule has 174 valence electrons. The maximum absolute atomic E-state index is 12.3. The Bertz CT molecular complexity index is 781. The summed E-state index contributed by atoms with van der Waals surface area (Å²) in [4.78, 5) is 0. The van der Waals surface area contributed by atoms with Gasteiger partial charge in [0.2, 0.25) is 0 Å². The fraction of sp³-hybridized carbons (Fsp3) is 0.600. The molecule has 32 heavy (non-hydrogen) atoms. The van der Waals surface area contributed by atoms with Gasteiger partial charge in [0.15, 0.2) is 0 Å². The van der Waals surface area contributed by atoms with Crippen LogP contribution in [-0.2, 0) is 4.74 Å². The van der Waals surface area contributed by atoms with E-state index in [4.69, 9.17) is 4.74 Å². The molecule has 0 spiro atoms. The van der Waals surface area contributed by atoms with Gasteiger partial charge in [0, 0.05) is 6.61 Å². The second-order valence-corrected chi connectivity index (χ2v) is 10.1. The Balaban J connectivity index is 1.29. The Hall–Kier alpha value is -1.67. The molecule has 0 unspecified atom stereocenters. The zero-order valence-electron chi connectivity index (χ0n) is 19.9. The molecule has 2 heteroatoms. The Labute approximate surface area is 194 Å². The van der Waals surface area contributed by atoms with Gasteiger partial charge in [-0.2, -0.15) is 0 Å². The van der Waals surface area contributed by atoms with Crippen LogP contribution in [0.25, 0.3) is 11.1 Å². The molecular formula is C30H41FO. The fourth-order valence-electron chi connectivity index (χ4n) is 6.01. The smallest absolute Gasteiger partial charge is 0.0894 e. The lowest BCUT2D eigenvalue weighted by Crippen LogP contribution is -2.20. The van der Waals surface area contributed by atoms with Crippen LogP contribution in [0.15, 0.2) is 48.5 Å². The van der Waals surface area contributed by atoms with Crippen LogP contribution < -0.4 is 0 Å². The lowest BCUT2D eigenvalue weighted by atomic mass is 9.77. The van der Waals surface area contributed by atoms with Gasteiger partial charge in [-0.25, -0.2) is 0 Å². The van der Waals surface area contributed by atoms with Gasteiger partial charge in [-0.05, 0) is 105 Å². The third kappa shape index (κ3) is 6.22. The number of benzene rings is 2. The molecule has 0 radical (unpaired) electrons. The zero-order valence-corrected chi connectivity index (χ0v) is 19.9. The molecule has 2 aromatic rings. The lowest BCUT2D eigenvalue weighted by molar-refractivity contribution is 0.0328. The zero-order chi connectivity index (χ0) is 22.2. The van der Waals surface area contributed by atoms with E-state index in [0.29, 0.717) is 17.9 Å². The van der Waals surface area contributed by atoms with E-state index in [1.54, 1.807) is 0 Å². The summed E-state index contributed by atoms with van der Waals surface area (Å²) in [5.74, 6) is 2.22. The summed E-state index contributed by atoms with van der Waals surface area (Å²) in [6, 6.07) is 18.6. The number of ether oxygens (including phenoxy) is 1. The highest BCUT2D eigenvalue weighted by atomic mass is 19.1. The first-order chi connectivity index (χ1) is 15.8. The number of hydrogen-bond acceptors (Lipinski definition) is 1. The van der Waals surface area contributed by atoms with Crippen LogP contribution >= 0.6 is 0 Å². The van der Waals surface area contributed by atoms with Gasteiger partial charge in [0.25, 0.3) is 0 Å². The predicted molar refractivity (Wildman–Crippen MR) is 133 cm³/mol. The largest absolute Gasteiger partial charge is 0.379 e. The molecule has 0 saturated heterocycles. The maximum atomic E-state index is 12.3. The van der Waals surface area contributed by atoms with E-state index in [9.17, 15) is 4.39 Å². The predicted octanol–water partition coefficient (Wildman–Crippen LogP) is 8.83. The fourth-order valence-corrected chi connectivity index (χ4v) is 6.01. The molecule has 0 amide bonds. The van der Waals surface area contributed by atoms with Crippen LogP contribution in [0.1, 0.15) is 101 Å². The molecule has 0 aliphatic heterocycles. The average molecular weight is 437 g/mol. The molecule has 0 N–H and O–H groups in total. The van der Waals surface area contributed by atoms with Gasteiger partial charge in [-0.1, -0.05) is 61.4 Å². The lowest BCUT2D eigenvalue weighted by Gasteiger charge is -2.29. The Morgan fingerprint density at radius 1 is 0.688 bits per heavy atom. The first-order valence-corrected chi connectivity index (χ1v) is 13.1. The van der Waals surface area contributed by atoms with Crippen LogP contribution in [0.3, 0.4) is 0 Å². The van der Waals surface area contributed by atoms with E-state index in [2.05, 4.69) is 55.5 Å². The summed E-state index contributed by atoms with van der Waals surface area (Å²) in [5.41, 5.74) is 5.63. The van der Waals surface area contributed by atoms with Crippen LogP contribution in [0, 0.1) is 5.92 Å². The van der Waals surface area contributed by atoms with E-state index in [0.717, 1.165) is 25.4 Å². The third-order valence-corrected chi connectivity index (χ3v) is 8.02. The van der Waals surface area contributed by atoms with Gasteiger partial charge in [0.1, 0.15) is 0 Å². The SMILES string of the molecule is CCOC1CCC(c2ccc(-c3ccc(C4CCC(CCCCF)CC4)cc3)cc2)CC1. The van der Waals surface area contributed by atoms with Crippen LogP contribution in [0.4, 0.5) is 4.39 Å². The van der Waals surface area contributed by atoms with Crippen molar-refractivity contribution in [3.63, 3.8) is 0 Å². The van der Waals surface area contributed by atoms with Crippen molar-refractivity contribution in [2.45, 2.75) is 95.5 Å². The van der Waals surface area contributed by atoms with E-state index in [1.807, 2.05) is 0 Å². The van der Waals surface area contributed by atoms with Crippen molar-refractivity contribution in [1.82, 2.24) is 0 Å². The van der Waals surface area contributed by atoms with Gasteiger partial charge < -0.3 is 4.74 Å². The van der Waals surface area contributed by atoms with Crippen molar-refractivity contribution in [3.05, 3.63) is 59.7 Å². The minimum absolute atomic E-state index is 0.153. The number of alkyl halides is 1. The van der Waals surface area contributed by atoms with E-state index < -0.39 is 0 Å². The number of rotatable bonds is 9. The maximum Gasteiger partial charge on any atom is 0.0894 e. The highest BCUT2D eigenvalue weighted by Crippen LogP contribution is 2.39. The molecule has 1 nitrogen and oxygen atoms in total. The second kappa shape index (κ2) is 12.0. The van der Waals surface area contributed by atoms with E-state index in [-0.39, 0.29) is 6.67 Å². The van der Waals surface area contributed by atoms with Crippen LogP contribution in [0.5, 0.6) is 0 Å². The molecule has 0 bridgehead atoms. The minimum Gasteiger partial charge on any atom is -0.379 e. The van der Waals surface area contributed by atoms with Gasteiger partial charge >= 0.3 is 0 Å². The van der Waals surface area contributed by atoms with Crippen LogP contribution in [-0.4, -0.2) is 19.4 Å². The summed E-state index contributed by atoms with van der Waals surface area (Å²) < 4.78 is 18.1. The number of hydrogen-bond donors (Lipinski definition) is 0. The molecule has 2 aromatic carbocycles. The first kappa shape index (κ1) is 23.5. The Kier molecular flexibility index (Phi) is 8.79. The van der Waals surface area contributed by atoms with Crippen molar-refractivity contribution in [2.24, 2.45) is 5.92 Å². The minimum atomic E-state index is -0.153. The van der Waals surface area contributed by atoms with Crippen molar-refractivity contribution in [2.75, 3.05) is 13.3 Å². The molecule has 2 fully saturated rings. The van der Waals surface area contributed by atoms with Crippen molar-refractivity contribution < 1.29 is 9.13 Å². The molecule has 2 aliphatic carbocycles. The second-order valence-electron chi connectivity index (χ2n) is 10.1. The number of unbranched alkanes of at least 4 members (excludes halogenated alkanes) is 1. The summed E-state index contributed by atoms with van der Waals surface area (Å²) in [6.07, 6.45) is 13.6. The van der Waals surface area contributed by atoms with Crippen molar-refractivity contribution in [3.8, 4) is 11.1 Å². The highest BCUT2D eigenvalue weighted by molar-refractivity contribution is 5.64. The average Bonchev–Trinajstić information content (AvgIpc) is 2.86. The summed E-state index contributed by atoms with van der Waals surface area (Å²) in [5, 5.41) is 0. The molecule has 2 saturated carbocycles. The monoisotopic (exact) mass is 436 g/mol. The molecule has 2 aliphatic rings. The van der Waals surface area contributed by atoms with Crippen LogP contribution in [0.2, 0.25) is 0 Å². The standard InChI is InChI=1S/C30H41FO/c1-2-32-30-20-18-29(19-21-30)28-16-14-27(15-17-28)26-12-10-25(11-13-26)24-8-6-23(7-9-24)5-3-4-22-31/h10-17,23-24,29-30H,2-9,18-22H2,1H3. The first-order valence-electron chi connectivity index (χ1n) is 13.1. The highest BCUT2D eigenvalue weighted by Gasteiger charge is 2.23.